The van der Waals surface area contributed by atoms with Crippen LogP contribution in [-0.4, -0.2) is 20.9 Å². The fourth-order valence-corrected chi connectivity index (χ4v) is 2.55. The zero-order chi connectivity index (χ0) is 18.8. The molecule has 1 N–H and O–H groups in total. The Morgan fingerprint density at radius 1 is 1.31 bits per heavy atom. The number of nitrogens with zero attached hydrogens (tertiary/aromatic N) is 2. The van der Waals surface area contributed by atoms with E-state index in [4.69, 9.17) is 16.3 Å². The van der Waals surface area contributed by atoms with E-state index < -0.39 is 17.0 Å². The third-order valence-electron chi connectivity index (χ3n) is 3.68. The molecule has 3 aromatic rings. The van der Waals surface area contributed by atoms with Crippen molar-refractivity contribution >= 4 is 34.2 Å². The van der Waals surface area contributed by atoms with Crippen LogP contribution in [0.3, 0.4) is 0 Å². The van der Waals surface area contributed by atoms with Crippen molar-refractivity contribution in [2.75, 3.05) is 0 Å². The Balaban J connectivity index is 1.89. The molecule has 132 valence electrons. The van der Waals surface area contributed by atoms with E-state index in [-0.39, 0.29) is 27.7 Å². The monoisotopic (exact) mass is 373 g/mol. The Morgan fingerprint density at radius 2 is 2.04 bits per heavy atom. The van der Waals surface area contributed by atoms with Crippen molar-refractivity contribution in [2.45, 2.75) is 13.0 Å². The van der Waals surface area contributed by atoms with Gasteiger partial charge in [-0.05, 0) is 25.1 Å². The Kier molecular flexibility index (Phi) is 4.68. The second-order valence-corrected chi connectivity index (χ2v) is 5.84. The molecule has 0 aliphatic heterocycles. The van der Waals surface area contributed by atoms with Gasteiger partial charge in [0.25, 0.3) is 11.2 Å². The molecule has 1 unspecified atom stereocenters. The number of aromatic nitrogens is 2. The molecule has 1 atom stereocenters. The van der Waals surface area contributed by atoms with Crippen molar-refractivity contribution in [1.29, 1.82) is 0 Å². The van der Waals surface area contributed by atoms with Gasteiger partial charge in [-0.25, -0.2) is 9.78 Å². The maximum Gasteiger partial charge on any atom is 0.340 e. The Labute approximate surface area is 151 Å². The number of nitro benzene ring substituents is 1. The van der Waals surface area contributed by atoms with E-state index in [1.54, 1.807) is 24.3 Å². The number of esters is 1. The summed E-state index contributed by atoms with van der Waals surface area (Å²) in [7, 11) is 0. The SMILES string of the molecule is CC(OC(=O)c1cc([N+](=O)[O-])ccc1Cl)c1nc2ccccc2c(=O)[nH]1. The van der Waals surface area contributed by atoms with Gasteiger partial charge in [-0.1, -0.05) is 23.7 Å². The highest BCUT2D eigenvalue weighted by molar-refractivity contribution is 6.33. The number of hydrogen-bond acceptors (Lipinski definition) is 6. The van der Waals surface area contributed by atoms with E-state index >= 15 is 0 Å². The molecule has 0 saturated heterocycles. The maximum absolute atomic E-state index is 12.3. The number of H-pyrrole nitrogens is 1. The molecule has 9 heteroatoms. The van der Waals surface area contributed by atoms with E-state index in [1.165, 1.54) is 19.1 Å². The first-order valence-corrected chi connectivity index (χ1v) is 7.88. The van der Waals surface area contributed by atoms with E-state index in [0.717, 1.165) is 6.07 Å². The molecule has 0 radical (unpaired) electrons. The average Bonchev–Trinajstić information content (AvgIpc) is 2.61. The standard InChI is InChI=1S/C17H12ClN3O5/c1-9(15-19-14-5-3-2-4-11(14)16(22)20-15)26-17(23)12-8-10(21(24)25)6-7-13(12)18/h2-9H,1H3,(H,19,20,22). The first-order chi connectivity index (χ1) is 12.4. The van der Waals surface area contributed by atoms with Crippen LogP contribution in [0.2, 0.25) is 5.02 Å². The quantitative estimate of drug-likeness (QED) is 0.425. The maximum atomic E-state index is 12.3. The van der Waals surface area contributed by atoms with Crippen LogP contribution >= 0.6 is 11.6 Å². The predicted molar refractivity (Wildman–Crippen MR) is 94.3 cm³/mol. The van der Waals surface area contributed by atoms with Crippen molar-refractivity contribution < 1.29 is 14.5 Å². The summed E-state index contributed by atoms with van der Waals surface area (Å²) < 4.78 is 5.26. The average molecular weight is 374 g/mol. The highest BCUT2D eigenvalue weighted by Gasteiger charge is 2.21. The van der Waals surface area contributed by atoms with Crippen LogP contribution in [0.1, 0.15) is 29.2 Å². The summed E-state index contributed by atoms with van der Waals surface area (Å²) in [4.78, 5) is 41.5. The minimum absolute atomic E-state index is 0.0211. The van der Waals surface area contributed by atoms with Crippen molar-refractivity contribution in [3.8, 4) is 0 Å². The molecule has 1 aromatic heterocycles. The Morgan fingerprint density at radius 3 is 2.77 bits per heavy atom. The van der Waals surface area contributed by atoms with Crippen LogP contribution in [0.5, 0.6) is 0 Å². The lowest BCUT2D eigenvalue weighted by molar-refractivity contribution is -0.384. The Bertz CT molecular complexity index is 1080. The van der Waals surface area contributed by atoms with Gasteiger partial charge in [0.15, 0.2) is 11.9 Å². The molecule has 0 saturated carbocycles. The van der Waals surface area contributed by atoms with Gasteiger partial charge in [0.2, 0.25) is 0 Å². The zero-order valence-corrected chi connectivity index (χ0v) is 14.2. The molecule has 26 heavy (non-hydrogen) atoms. The number of carbonyl (C=O) groups is 1. The zero-order valence-electron chi connectivity index (χ0n) is 13.4. The van der Waals surface area contributed by atoms with Gasteiger partial charge in [-0.15, -0.1) is 0 Å². The number of fused-ring (bicyclic) bond motifs is 1. The lowest BCUT2D eigenvalue weighted by Gasteiger charge is -2.13. The fourth-order valence-electron chi connectivity index (χ4n) is 2.36. The molecule has 0 aliphatic rings. The second kappa shape index (κ2) is 6.93. The summed E-state index contributed by atoms with van der Waals surface area (Å²) in [6, 6.07) is 10.2. The minimum Gasteiger partial charge on any atom is -0.451 e. The van der Waals surface area contributed by atoms with E-state index in [0.29, 0.717) is 10.9 Å². The van der Waals surface area contributed by atoms with Gasteiger partial charge in [-0.3, -0.25) is 14.9 Å². The Hall–Kier alpha value is -3.26. The van der Waals surface area contributed by atoms with Gasteiger partial charge in [0.05, 0.1) is 26.4 Å². The summed E-state index contributed by atoms with van der Waals surface area (Å²) >= 11 is 5.93. The summed E-state index contributed by atoms with van der Waals surface area (Å²) in [6.45, 7) is 1.52. The molecule has 1 heterocycles. The van der Waals surface area contributed by atoms with Crippen LogP contribution in [-0.2, 0) is 4.74 Å². The number of benzene rings is 2. The van der Waals surface area contributed by atoms with Gasteiger partial charge >= 0.3 is 5.97 Å². The molecule has 0 spiro atoms. The van der Waals surface area contributed by atoms with Gasteiger partial charge in [0, 0.05) is 12.1 Å². The second-order valence-electron chi connectivity index (χ2n) is 5.44. The molecule has 0 bridgehead atoms. The number of rotatable bonds is 4. The van der Waals surface area contributed by atoms with Gasteiger partial charge in [-0.2, -0.15) is 0 Å². The number of hydrogen-bond donors (Lipinski definition) is 1. The molecule has 0 fully saturated rings. The molecular weight excluding hydrogens is 362 g/mol. The molecule has 2 aromatic carbocycles. The molecule has 0 aliphatic carbocycles. The number of non-ortho nitro benzene ring substituents is 1. The van der Waals surface area contributed by atoms with Gasteiger partial charge < -0.3 is 9.72 Å². The number of para-hydroxylation sites is 1. The topological polar surface area (TPSA) is 115 Å². The largest absolute Gasteiger partial charge is 0.451 e. The van der Waals surface area contributed by atoms with Crippen LogP contribution < -0.4 is 5.56 Å². The molecular formula is C17H12ClN3O5. The van der Waals surface area contributed by atoms with E-state index in [2.05, 4.69) is 9.97 Å². The lowest BCUT2D eigenvalue weighted by atomic mass is 10.2. The minimum atomic E-state index is -0.893. The highest BCUT2D eigenvalue weighted by Crippen LogP contribution is 2.25. The number of nitro groups is 1. The van der Waals surface area contributed by atoms with Crippen molar-refractivity contribution in [2.24, 2.45) is 0 Å². The van der Waals surface area contributed by atoms with Gasteiger partial charge in [0.1, 0.15) is 0 Å². The van der Waals surface area contributed by atoms with E-state index in [9.17, 15) is 19.7 Å². The highest BCUT2D eigenvalue weighted by atomic mass is 35.5. The summed E-state index contributed by atoms with van der Waals surface area (Å²) in [5.74, 6) is -0.703. The lowest BCUT2D eigenvalue weighted by Crippen LogP contribution is -2.17. The van der Waals surface area contributed by atoms with Crippen LogP contribution in [0.15, 0.2) is 47.3 Å². The number of carbonyl (C=O) groups excluding carboxylic acids is 1. The third-order valence-corrected chi connectivity index (χ3v) is 4.01. The molecule has 0 amide bonds. The van der Waals surface area contributed by atoms with Crippen LogP contribution in [0, 0.1) is 10.1 Å². The first kappa shape index (κ1) is 17.6. The van der Waals surface area contributed by atoms with Crippen LogP contribution in [0.4, 0.5) is 5.69 Å². The van der Waals surface area contributed by atoms with E-state index in [1.807, 2.05) is 0 Å². The fraction of sp³-hybridized carbons (Fsp3) is 0.118. The number of nitrogens with one attached hydrogen (secondary N) is 1. The molecule has 3 rings (SSSR count). The van der Waals surface area contributed by atoms with Crippen molar-refractivity contribution in [1.82, 2.24) is 9.97 Å². The number of halogens is 1. The summed E-state index contributed by atoms with van der Waals surface area (Å²) in [6.07, 6.45) is -0.893. The number of ether oxygens (including phenoxy) is 1. The first-order valence-electron chi connectivity index (χ1n) is 7.50. The van der Waals surface area contributed by atoms with Crippen LogP contribution in [0.25, 0.3) is 10.9 Å². The summed E-state index contributed by atoms with van der Waals surface area (Å²) in [5, 5.41) is 11.3. The smallest absolute Gasteiger partial charge is 0.340 e. The predicted octanol–water partition coefficient (Wildman–Crippen LogP) is 3.40. The van der Waals surface area contributed by atoms with Crippen molar-refractivity contribution in [3.05, 3.63) is 79.3 Å². The normalized spacial score (nSPS) is 11.9. The number of aromatic amines is 1. The summed E-state index contributed by atoms with van der Waals surface area (Å²) in [5.41, 5.74) is -0.327. The van der Waals surface area contributed by atoms with Crippen molar-refractivity contribution in [3.63, 3.8) is 0 Å². The third kappa shape index (κ3) is 3.40. The molecule has 8 nitrogen and oxygen atoms in total.